The number of hydrogen-bond donors (Lipinski definition) is 0. The standard InChI is InChI=1S/C10H17Br2Cl/c1-4-8(7-11)5-6-9(12)10(2,3)13/h4,9H,5-7H2,1-3H3/b8-4+. The zero-order valence-corrected chi connectivity index (χ0v) is 12.3. The molecular formula is C10H17Br2Cl. The van der Waals surface area contributed by atoms with E-state index in [1.165, 1.54) is 5.57 Å². The van der Waals surface area contributed by atoms with Gasteiger partial charge in [-0.2, -0.15) is 0 Å². The summed E-state index contributed by atoms with van der Waals surface area (Å²) in [6.45, 7) is 6.15. The Kier molecular flexibility index (Phi) is 6.96. The first-order chi connectivity index (χ1) is 5.91. The normalized spacial score (nSPS) is 16.0. The van der Waals surface area contributed by atoms with Crippen molar-refractivity contribution in [3.63, 3.8) is 0 Å². The van der Waals surface area contributed by atoms with Crippen molar-refractivity contribution in [2.75, 3.05) is 5.33 Å². The van der Waals surface area contributed by atoms with Crippen LogP contribution in [0.15, 0.2) is 11.6 Å². The van der Waals surface area contributed by atoms with E-state index < -0.39 is 0 Å². The van der Waals surface area contributed by atoms with Gasteiger partial charge in [-0.15, -0.1) is 11.6 Å². The molecular weight excluding hydrogens is 315 g/mol. The summed E-state index contributed by atoms with van der Waals surface area (Å²) in [5.74, 6) is 0. The van der Waals surface area contributed by atoms with Crippen LogP contribution in [0.4, 0.5) is 0 Å². The van der Waals surface area contributed by atoms with Crippen molar-refractivity contribution in [1.82, 2.24) is 0 Å². The Hall–Kier alpha value is 0.990. The summed E-state index contributed by atoms with van der Waals surface area (Å²) in [6.07, 6.45) is 4.35. The molecule has 3 heteroatoms. The number of hydrogen-bond acceptors (Lipinski definition) is 0. The molecule has 0 aliphatic carbocycles. The van der Waals surface area contributed by atoms with E-state index in [0.717, 1.165) is 18.2 Å². The van der Waals surface area contributed by atoms with E-state index in [1.807, 2.05) is 13.8 Å². The summed E-state index contributed by atoms with van der Waals surface area (Å²) in [6, 6.07) is 0. The minimum atomic E-state index is -0.162. The molecule has 0 saturated heterocycles. The van der Waals surface area contributed by atoms with E-state index in [9.17, 15) is 0 Å². The number of rotatable bonds is 5. The average molecular weight is 333 g/mol. The largest absolute Gasteiger partial charge is 0.119 e. The summed E-state index contributed by atoms with van der Waals surface area (Å²) in [5, 5.41) is 0.964. The van der Waals surface area contributed by atoms with Gasteiger partial charge >= 0.3 is 0 Å². The highest BCUT2D eigenvalue weighted by atomic mass is 79.9. The molecule has 1 unspecified atom stereocenters. The van der Waals surface area contributed by atoms with Crippen molar-refractivity contribution >= 4 is 43.5 Å². The molecule has 13 heavy (non-hydrogen) atoms. The summed E-state index contributed by atoms with van der Waals surface area (Å²) in [7, 11) is 0. The molecule has 0 nitrogen and oxygen atoms in total. The van der Waals surface area contributed by atoms with Gasteiger partial charge in [-0.3, -0.25) is 0 Å². The quantitative estimate of drug-likeness (QED) is 0.497. The maximum Gasteiger partial charge on any atom is 0.0515 e. The van der Waals surface area contributed by atoms with E-state index >= 15 is 0 Å². The SMILES string of the molecule is C/C=C(/CBr)CCC(Br)C(C)(C)Cl. The molecule has 0 heterocycles. The van der Waals surface area contributed by atoms with E-state index in [0.29, 0.717) is 4.83 Å². The van der Waals surface area contributed by atoms with Gasteiger partial charge in [0.05, 0.1) is 4.87 Å². The van der Waals surface area contributed by atoms with Crippen molar-refractivity contribution in [2.24, 2.45) is 0 Å². The van der Waals surface area contributed by atoms with E-state index in [-0.39, 0.29) is 4.87 Å². The molecule has 0 spiro atoms. The van der Waals surface area contributed by atoms with E-state index in [2.05, 4.69) is 44.9 Å². The third-order valence-electron chi connectivity index (χ3n) is 2.04. The lowest BCUT2D eigenvalue weighted by atomic mass is 10.0. The molecule has 0 bridgehead atoms. The monoisotopic (exact) mass is 330 g/mol. The second-order valence-electron chi connectivity index (χ2n) is 3.65. The third-order valence-corrected chi connectivity index (χ3v) is 4.89. The lowest BCUT2D eigenvalue weighted by molar-refractivity contribution is 0.616. The predicted octanol–water partition coefficient (Wildman–Crippen LogP) is 4.89. The highest BCUT2D eigenvalue weighted by Gasteiger charge is 2.23. The maximum absolute atomic E-state index is 6.18. The van der Waals surface area contributed by atoms with Gasteiger partial charge in [-0.05, 0) is 33.6 Å². The van der Waals surface area contributed by atoms with Gasteiger partial charge in [0.15, 0.2) is 0 Å². The summed E-state index contributed by atoms with van der Waals surface area (Å²) in [4.78, 5) is 0.209. The smallest absolute Gasteiger partial charge is 0.0515 e. The van der Waals surface area contributed by atoms with Crippen molar-refractivity contribution in [3.05, 3.63) is 11.6 Å². The predicted molar refractivity (Wildman–Crippen MR) is 69.4 cm³/mol. The van der Waals surface area contributed by atoms with Crippen LogP contribution in [0.3, 0.4) is 0 Å². The van der Waals surface area contributed by atoms with Gasteiger partial charge in [0.1, 0.15) is 0 Å². The van der Waals surface area contributed by atoms with Gasteiger partial charge in [0.2, 0.25) is 0 Å². The molecule has 0 aliphatic rings. The molecule has 0 fully saturated rings. The fraction of sp³-hybridized carbons (Fsp3) is 0.800. The third kappa shape index (κ3) is 6.14. The van der Waals surface area contributed by atoms with Crippen LogP contribution in [0.2, 0.25) is 0 Å². The molecule has 0 aromatic rings. The van der Waals surface area contributed by atoms with Crippen LogP contribution >= 0.6 is 43.5 Å². The molecule has 0 radical (unpaired) electrons. The fourth-order valence-corrected chi connectivity index (χ4v) is 1.89. The molecule has 0 N–H and O–H groups in total. The van der Waals surface area contributed by atoms with Crippen LogP contribution in [0.25, 0.3) is 0 Å². The number of halogens is 3. The molecule has 0 aromatic carbocycles. The van der Waals surface area contributed by atoms with Crippen LogP contribution < -0.4 is 0 Å². The minimum Gasteiger partial charge on any atom is -0.119 e. The number of alkyl halides is 3. The summed E-state index contributed by atoms with van der Waals surface area (Å²) in [5.41, 5.74) is 1.44. The molecule has 1 atom stereocenters. The molecule has 0 aliphatic heterocycles. The molecule has 78 valence electrons. The number of allylic oxidation sites excluding steroid dienone is 2. The Morgan fingerprint density at radius 1 is 1.54 bits per heavy atom. The molecule has 0 rings (SSSR count). The van der Waals surface area contributed by atoms with Crippen LogP contribution in [0, 0.1) is 0 Å². The molecule has 0 amide bonds. The average Bonchev–Trinajstić information content (AvgIpc) is 2.04. The van der Waals surface area contributed by atoms with Crippen LogP contribution in [0.5, 0.6) is 0 Å². The first-order valence-electron chi connectivity index (χ1n) is 4.44. The Balaban J connectivity index is 3.89. The zero-order valence-electron chi connectivity index (χ0n) is 8.41. The highest BCUT2D eigenvalue weighted by molar-refractivity contribution is 9.09. The van der Waals surface area contributed by atoms with Crippen LogP contribution in [-0.2, 0) is 0 Å². The van der Waals surface area contributed by atoms with Crippen molar-refractivity contribution < 1.29 is 0 Å². The first kappa shape index (κ1) is 14.0. The van der Waals surface area contributed by atoms with Gasteiger partial charge in [-0.25, -0.2) is 0 Å². The Morgan fingerprint density at radius 2 is 2.08 bits per heavy atom. The Bertz CT molecular complexity index is 170. The Morgan fingerprint density at radius 3 is 2.38 bits per heavy atom. The van der Waals surface area contributed by atoms with Gasteiger partial charge < -0.3 is 0 Å². The van der Waals surface area contributed by atoms with E-state index in [4.69, 9.17) is 11.6 Å². The van der Waals surface area contributed by atoms with Gasteiger partial charge in [-0.1, -0.05) is 43.5 Å². The molecule has 0 saturated carbocycles. The topological polar surface area (TPSA) is 0 Å². The summed E-state index contributed by atoms with van der Waals surface area (Å²) < 4.78 is 0. The second-order valence-corrected chi connectivity index (χ2v) is 6.29. The van der Waals surface area contributed by atoms with Crippen LogP contribution in [-0.4, -0.2) is 15.0 Å². The first-order valence-corrected chi connectivity index (χ1v) is 6.86. The Labute approximate surface area is 103 Å². The lowest BCUT2D eigenvalue weighted by Crippen LogP contribution is -2.24. The highest BCUT2D eigenvalue weighted by Crippen LogP contribution is 2.29. The van der Waals surface area contributed by atoms with Gasteiger partial charge in [0.25, 0.3) is 0 Å². The zero-order chi connectivity index (χ0) is 10.5. The van der Waals surface area contributed by atoms with Crippen molar-refractivity contribution in [1.29, 1.82) is 0 Å². The fourth-order valence-electron chi connectivity index (χ4n) is 0.944. The summed E-state index contributed by atoms with van der Waals surface area (Å²) >= 11 is 13.2. The lowest BCUT2D eigenvalue weighted by Gasteiger charge is -2.23. The van der Waals surface area contributed by atoms with Crippen molar-refractivity contribution in [3.8, 4) is 0 Å². The molecule has 0 aromatic heterocycles. The van der Waals surface area contributed by atoms with Crippen molar-refractivity contribution in [2.45, 2.75) is 43.3 Å². The minimum absolute atomic E-state index is 0.162. The van der Waals surface area contributed by atoms with Gasteiger partial charge in [0, 0.05) is 10.2 Å². The maximum atomic E-state index is 6.18. The van der Waals surface area contributed by atoms with E-state index in [1.54, 1.807) is 0 Å². The van der Waals surface area contributed by atoms with Crippen LogP contribution in [0.1, 0.15) is 33.6 Å². The second kappa shape index (κ2) is 6.47.